The minimum atomic E-state index is 0.0209. The van der Waals surface area contributed by atoms with Gasteiger partial charge in [0.15, 0.2) is 5.17 Å². The molecule has 1 atom stereocenters. The van der Waals surface area contributed by atoms with Gasteiger partial charge in [-0.3, -0.25) is 0 Å². The molecule has 2 fully saturated rings. The smallest absolute Gasteiger partial charge is 0.317 e. The van der Waals surface area contributed by atoms with Crippen molar-refractivity contribution in [3.8, 4) is 6.19 Å². The van der Waals surface area contributed by atoms with E-state index < -0.39 is 0 Å². The second-order valence-corrected chi connectivity index (χ2v) is 4.45. The van der Waals surface area contributed by atoms with Gasteiger partial charge in [-0.25, -0.2) is 4.79 Å². The number of carbonyl (C=O) groups excluding carboxylic acids is 1. The molecule has 0 bridgehead atoms. The average Bonchev–Trinajstić information content (AvgIpc) is 2.67. The molecule has 0 aromatic carbocycles. The summed E-state index contributed by atoms with van der Waals surface area (Å²) in [6.07, 6.45) is 3.72. The monoisotopic (exact) mass is 239 g/mol. The molecule has 1 unspecified atom stereocenters. The third kappa shape index (κ3) is 1.93. The van der Waals surface area contributed by atoms with Crippen LogP contribution >= 0.6 is 11.8 Å². The lowest BCUT2D eigenvalue weighted by atomic mass is 10.2. The third-order valence-corrected chi connectivity index (χ3v) is 3.55. The Hall–Kier alpha value is -1.42. The topological polar surface area (TPSA) is 71.7 Å². The maximum Gasteiger partial charge on any atom is 0.317 e. The lowest BCUT2D eigenvalue weighted by molar-refractivity contribution is 0.162. The Labute approximate surface area is 98.3 Å². The zero-order valence-electron chi connectivity index (χ0n) is 9.01. The van der Waals surface area contributed by atoms with Crippen molar-refractivity contribution in [2.75, 3.05) is 32.4 Å². The maximum absolute atomic E-state index is 11.4. The van der Waals surface area contributed by atoms with Crippen LogP contribution < -0.4 is 5.32 Å². The van der Waals surface area contributed by atoms with E-state index >= 15 is 0 Å². The van der Waals surface area contributed by atoms with Gasteiger partial charge in [0.1, 0.15) is 0 Å². The van der Waals surface area contributed by atoms with Gasteiger partial charge in [-0.15, -0.1) is 4.99 Å². The third-order valence-electron chi connectivity index (χ3n) is 2.83. The van der Waals surface area contributed by atoms with Crippen LogP contribution in [0.4, 0.5) is 4.79 Å². The molecule has 7 heteroatoms. The van der Waals surface area contributed by atoms with Gasteiger partial charge in [-0.2, -0.15) is 5.26 Å². The summed E-state index contributed by atoms with van der Waals surface area (Å²) in [6.45, 7) is 2.87. The molecule has 2 aliphatic heterocycles. The van der Waals surface area contributed by atoms with Crippen molar-refractivity contribution >= 4 is 23.0 Å². The Bertz CT molecular complexity index is 363. The number of nitrogens with zero attached hydrogens (tertiary/aromatic N) is 4. The van der Waals surface area contributed by atoms with Crippen LogP contribution in [-0.4, -0.2) is 59.5 Å². The second kappa shape index (κ2) is 4.61. The first kappa shape index (κ1) is 11.1. The molecule has 0 radical (unpaired) electrons. The Kier molecular flexibility index (Phi) is 3.19. The normalized spacial score (nSPS) is 25.1. The molecule has 2 rings (SSSR count). The SMILES string of the molecule is CSC(=NC#N)N1CCN2C(=O)NCC2C1. The number of hydrogen-bond donors (Lipinski definition) is 1. The molecule has 0 saturated carbocycles. The molecule has 0 spiro atoms. The summed E-state index contributed by atoms with van der Waals surface area (Å²) in [7, 11) is 0. The molecule has 2 heterocycles. The molecule has 2 saturated heterocycles. The molecule has 0 aromatic heterocycles. The molecule has 6 nitrogen and oxygen atoms in total. The summed E-state index contributed by atoms with van der Waals surface area (Å²) in [4.78, 5) is 19.1. The molecule has 1 N–H and O–H groups in total. The fourth-order valence-corrected chi connectivity index (χ4v) is 2.62. The number of amidine groups is 1. The number of piperazine rings is 1. The van der Waals surface area contributed by atoms with Crippen LogP contribution in [0.25, 0.3) is 0 Å². The van der Waals surface area contributed by atoms with E-state index in [0.29, 0.717) is 13.1 Å². The fraction of sp³-hybridized carbons (Fsp3) is 0.667. The van der Waals surface area contributed by atoms with Crippen molar-refractivity contribution in [3.63, 3.8) is 0 Å². The van der Waals surface area contributed by atoms with E-state index in [-0.39, 0.29) is 12.1 Å². The predicted molar refractivity (Wildman–Crippen MR) is 62.0 cm³/mol. The van der Waals surface area contributed by atoms with Crippen LogP contribution in [0.5, 0.6) is 0 Å². The minimum absolute atomic E-state index is 0.0209. The van der Waals surface area contributed by atoms with Crippen molar-refractivity contribution in [2.24, 2.45) is 4.99 Å². The highest BCUT2D eigenvalue weighted by atomic mass is 32.2. The molecule has 2 amide bonds. The van der Waals surface area contributed by atoms with Gasteiger partial charge in [0.05, 0.1) is 6.04 Å². The molecule has 2 aliphatic rings. The van der Waals surface area contributed by atoms with E-state index in [4.69, 9.17) is 5.26 Å². The van der Waals surface area contributed by atoms with Crippen molar-refractivity contribution < 1.29 is 4.79 Å². The standard InChI is InChI=1S/C9H13N5OS/c1-16-9(12-6-10)13-2-3-14-7(5-13)4-11-8(14)15/h7H,2-5H2,1H3,(H,11,15). The highest BCUT2D eigenvalue weighted by Gasteiger charge is 2.36. The number of fused-ring (bicyclic) bond motifs is 1. The number of hydrogen-bond acceptors (Lipinski definition) is 4. The van der Waals surface area contributed by atoms with Crippen molar-refractivity contribution in [1.29, 1.82) is 5.26 Å². The van der Waals surface area contributed by atoms with Crippen LogP contribution in [0.15, 0.2) is 4.99 Å². The summed E-state index contributed by atoms with van der Waals surface area (Å²) in [5, 5.41) is 12.1. The zero-order valence-corrected chi connectivity index (χ0v) is 9.83. The predicted octanol–water partition coefficient (Wildman–Crippen LogP) is -0.104. The van der Waals surface area contributed by atoms with E-state index in [1.54, 1.807) is 0 Å². The quantitative estimate of drug-likeness (QED) is 0.364. The molecule has 16 heavy (non-hydrogen) atoms. The molecule has 0 aliphatic carbocycles. The highest BCUT2D eigenvalue weighted by molar-refractivity contribution is 8.13. The molecule has 0 aromatic rings. The molecular weight excluding hydrogens is 226 g/mol. The Morgan fingerprint density at radius 2 is 2.50 bits per heavy atom. The maximum atomic E-state index is 11.4. The number of thioether (sulfide) groups is 1. The fourth-order valence-electron chi connectivity index (χ4n) is 2.07. The van der Waals surface area contributed by atoms with Crippen LogP contribution in [0.2, 0.25) is 0 Å². The number of amides is 2. The number of carbonyl (C=O) groups is 1. The summed E-state index contributed by atoms with van der Waals surface area (Å²) >= 11 is 1.47. The average molecular weight is 239 g/mol. The van der Waals surface area contributed by atoms with Crippen LogP contribution in [0.3, 0.4) is 0 Å². The van der Waals surface area contributed by atoms with Gasteiger partial charge in [-0.05, 0) is 6.26 Å². The number of nitriles is 1. The van der Waals surface area contributed by atoms with Gasteiger partial charge in [0.25, 0.3) is 0 Å². The van der Waals surface area contributed by atoms with Crippen LogP contribution in [-0.2, 0) is 0 Å². The first-order valence-corrected chi connectivity index (χ1v) is 6.29. The van der Waals surface area contributed by atoms with E-state index in [2.05, 4.69) is 15.2 Å². The minimum Gasteiger partial charge on any atom is -0.347 e. The lowest BCUT2D eigenvalue weighted by Gasteiger charge is -2.37. The largest absolute Gasteiger partial charge is 0.347 e. The molecule has 86 valence electrons. The molecular formula is C9H13N5OS. The Morgan fingerprint density at radius 3 is 3.19 bits per heavy atom. The van der Waals surface area contributed by atoms with Crippen molar-refractivity contribution in [1.82, 2.24) is 15.1 Å². The summed E-state index contributed by atoms with van der Waals surface area (Å²) in [6, 6.07) is 0.227. The van der Waals surface area contributed by atoms with E-state index in [1.165, 1.54) is 11.8 Å². The van der Waals surface area contributed by atoms with Crippen molar-refractivity contribution in [3.05, 3.63) is 0 Å². The Balaban J connectivity index is 2.04. The van der Waals surface area contributed by atoms with E-state index in [9.17, 15) is 4.79 Å². The highest BCUT2D eigenvalue weighted by Crippen LogP contribution is 2.17. The summed E-state index contributed by atoms with van der Waals surface area (Å²) in [5.41, 5.74) is 0. The number of urea groups is 1. The zero-order chi connectivity index (χ0) is 11.5. The summed E-state index contributed by atoms with van der Waals surface area (Å²) < 4.78 is 0. The van der Waals surface area contributed by atoms with Gasteiger partial charge in [0.2, 0.25) is 6.19 Å². The van der Waals surface area contributed by atoms with Gasteiger partial charge in [-0.1, -0.05) is 11.8 Å². The number of rotatable bonds is 0. The van der Waals surface area contributed by atoms with Crippen molar-refractivity contribution in [2.45, 2.75) is 6.04 Å². The van der Waals surface area contributed by atoms with Crippen LogP contribution in [0.1, 0.15) is 0 Å². The van der Waals surface area contributed by atoms with Gasteiger partial charge in [0, 0.05) is 26.2 Å². The summed E-state index contributed by atoms with van der Waals surface area (Å²) in [5.74, 6) is 0. The first-order valence-electron chi connectivity index (χ1n) is 5.06. The number of nitrogens with one attached hydrogen (secondary N) is 1. The lowest BCUT2D eigenvalue weighted by Crippen LogP contribution is -2.53. The van der Waals surface area contributed by atoms with E-state index in [1.807, 2.05) is 17.3 Å². The van der Waals surface area contributed by atoms with E-state index in [0.717, 1.165) is 18.3 Å². The Morgan fingerprint density at radius 1 is 1.69 bits per heavy atom. The first-order chi connectivity index (χ1) is 7.76. The van der Waals surface area contributed by atoms with Gasteiger partial charge >= 0.3 is 6.03 Å². The van der Waals surface area contributed by atoms with Crippen LogP contribution in [0, 0.1) is 11.5 Å². The second-order valence-electron chi connectivity index (χ2n) is 3.68. The number of aliphatic imine (C=N–C) groups is 1. The van der Waals surface area contributed by atoms with Gasteiger partial charge < -0.3 is 15.1 Å².